The molecule has 0 aliphatic heterocycles. The first-order chi connectivity index (χ1) is 6.65. The number of carboxylic acid groups (broad SMARTS) is 1. The largest absolute Gasteiger partial charge is 0.478 e. The molecule has 0 saturated carbocycles. The van der Waals surface area contributed by atoms with Gasteiger partial charge >= 0.3 is 5.97 Å². The molecule has 0 aliphatic rings. The molecule has 0 bridgehead atoms. The second-order valence-corrected chi connectivity index (χ2v) is 2.84. The van der Waals surface area contributed by atoms with E-state index in [1.807, 2.05) is 6.92 Å². The highest BCUT2D eigenvalue weighted by Crippen LogP contribution is 2.15. The Kier molecular flexibility index (Phi) is 3.40. The van der Waals surface area contributed by atoms with Crippen LogP contribution < -0.4 is 0 Å². The van der Waals surface area contributed by atoms with Crippen LogP contribution in [0.1, 0.15) is 18.9 Å². The molecule has 0 heterocycles. The third-order valence-corrected chi connectivity index (χ3v) is 1.79. The van der Waals surface area contributed by atoms with E-state index < -0.39 is 5.97 Å². The lowest BCUT2D eigenvalue weighted by molar-refractivity contribution is -0.130. The Balaban J connectivity index is 3.06. The molecule has 1 N–H and O–H groups in total. The summed E-state index contributed by atoms with van der Waals surface area (Å²) in [5.41, 5.74) is 0.744. The van der Waals surface area contributed by atoms with Gasteiger partial charge in [-0.1, -0.05) is 25.1 Å². The summed E-state index contributed by atoms with van der Waals surface area (Å²) in [7, 11) is 0. The molecule has 0 radical (unpaired) electrons. The van der Waals surface area contributed by atoms with Gasteiger partial charge in [0, 0.05) is 0 Å². The average molecular weight is 194 g/mol. The first-order valence-electron chi connectivity index (χ1n) is 4.34. The van der Waals surface area contributed by atoms with Crippen LogP contribution in [0.2, 0.25) is 0 Å². The Morgan fingerprint density at radius 2 is 2.00 bits per heavy atom. The fraction of sp³-hybridized carbons (Fsp3) is 0.182. The van der Waals surface area contributed by atoms with E-state index in [1.54, 1.807) is 6.08 Å². The van der Waals surface area contributed by atoms with E-state index in [9.17, 15) is 9.18 Å². The number of carboxylic acids is 1. The number of rotatable bonds is 3. The van der Waals surface area contributed by atoms with Crippen LogP contribution in [-0.2, 0) is 4.79 Å². The maximum Gasteiger partial charge on any atom is 0.335 e. The third-order valence-electron chi connectivity index (χ3n) is 1.79. The summed E-state index contributed by atoms with van der Waals surface area (Å²) >= 11 is 0. The highest BCUT2D eigenvalue weighted by Gasteiger charge is 2.08. The molecular formula is C11H11FO2. The molecule has 0 fully saturated rings. The topological polar surface area (TPSA) is 37.3 Å². The second-order valence-electron chi connectivity index (χ2n) is 2.84. The van der Waals surface area contributed by atoms with Crippen molar-refractivity contribution in [2.45, 2.75) is 13.3 Å². The number of halogens is 1. The summed E-state index contributed by atoms with van der Waals surface area (Å²) in [6.45, 7) is 1.85. The van der Waals surface area contributed by atoms with E-state index in [4.69, 9.17) is 5.11 Å². The van der Waals surface area contributed by atoms with Crippen LogP contribution in [0.4, 0.5) is 4.39 Å². The number of hydrogen-bond acceptors (Lipinski definition) is 1. The zero-order chi connectivity index (χ0) is 10.6. The van der Waals surface area contributed by atoms with Gasteiger partial charge in [-0.3, -0.25) is 0 Å². The van der Waals surface area contributed by atoms with E-state index in [1.165, 1.54) is 24.3 Å². The molecule has 0 aromatic heterocycles. The van der Waals surface area contributed by atoms with Gasteiger partial charge in [-0.2, -0.15) is 0 Å². The molecule has 1 aromatic rings. The van der Waals surface area contributed by atoms with Crippen molar-refractivity contribution in [1.29, 1.82) is 0 Å². The predicted octanol–water partition coefficient (Wildman–Crippen LogP) is 2.70. The third kappa shape index (κ3) is 2.42. The van der Waals surface area contributed by atoms with E-state index in [0.29, 0.717) is 12.0 Å². The maximum atomic E-state index is 12.6. The molecular weight excluding hydrogens is 183 g/mol. The minimum absolute atomic E-state index is 0.215. The van der Waals surface area contributed by atoms with Crippen molar-refractivity contribution in [1.82, 2.24) is 0 Å². The van der Waals surface area contributed by atoms with Crippen molar-refractivity contribution in [3.63, 3.8) is 0 Å². The fourth-order valence-corrected chi connectivity index (χ4v) is 1.16. The van der Waals surface area contributed by atoms with E-state index in [-0.39, 0.29) is 11.4 Å². The Hall–Kier alpha value is -1.64. The van der Waals surface area contributed by atoms with Crippen LogP contribution in [0.3, 0.4) is 0 Å². The minimum atomic E-state index is -0.988. The molecule has 0 amide bonds. The molecule has 14 heavy (non-hydrogen) atoms. The van der Waals surface area contributed by atoms with Crippen LogP contribution >= 0.6 is 0 Å². The van der Waals surface area contributed by atoms with E-state index in [2.05, 4.69) is 0 Å². The highest BCUT2D eigenvalue weighted by molar-refractivity contribution is 6.15. The second kappa shape index (κ2) is 4.56. The van der Waals surface area contributed by atoms with Crippen molar-refractivity contribution in [3.8, 4) is 0 Å². The van der Waals surface area contributed by atoms with Crippen LogP contribution in [-0.4, -0.2) is 11.1 Å². The first kappa shape index (κ1) is 10.4. The van der Waals surface area contributed by atoms with Gasteiger partial charge in [0.1, 0.15) is 5.82 Å². The first-order valence-corrected chi connectivity index (χ1v) is 4.34. The van der Waals surface area contributed by atoms with Gasteiger partial charge in [-0.05, 0) is 24.1 Å². The normalized spacial score (nSPS) is 11.4. The molecule has 0 aliphatic carbocycles. The lowest BCUT2D eigenvalue weighted by Gasteiger charge is -2.01. The molecule has 1 aromatic carbocycles. The van der Waals surface area contributed by atoms with Gasteiger partial charge < -0.3 is 5.11 Å². The molecule has 2 nitrogen and oxygen atoms in total. The lowest BCUT2D eigenvalue weighted by atomic mass is 10.1. The Labute approximate surface area is 81.7 Å². The van der Waals surface area contributed by atoms with E-state index >= 15 is 0 Å². The number of hydrogen-bond donors (Lipinski definition) is 1. The fourth-order valence-electron chi connectivity index (χ4n) is 1.16. The molecule has 3 heteroatoms. The van der Waals surface area contributed by atoms with Crippen molar-refractivity contribution in [2.75, 3.05) is 0 Å². The Morgan fingerprint density at radius 3 is 2.43 bits per heavy atom. The van der Waals surface area contributed by atoms with Crippen LogP contribution in [0.25, 0.3) is 5.57 Å². The number of allylic oxidation sites excluding steroid dienone is 1. The van der Waals surface area contributed by atoms with E-state index in [0.717, 1.165) is 0 Å². The van der Waals surface area contributed by atoms with Crippen molar-refractivity contribution < 1.29 is 14.3 Å². The average Bonchev–Trinajstić information content (AvgIpc) is 2.15. The maximum absolute atomic E-state index is 12.6. The van der Waals surface area contributed by atoms with Crippen molar-refractivity contribution >= 4 is 11.5 Å². The summed E-state index contributed by atoms with van der Waals surface area (Å²) in [5.74, 6) is -1.35. The molecule has 0 atom stereocenters. The zero-order valence-corrected chi connectivity index (χ0v) is 7.83. The lowest BCUT2D eigenvalue weighted by Crippen LogP contribution is -1.99. The summed E-state index contributed by atoms with van der Waals surface area (Å²) in [6, 6.07) is 5.43. The highest BCUT2D eigenvalue weighted by atomic mass is 19.1. The monoisotopic (exact) mass is 194 g/mol. The summed E-state index contributed by atoms with van der Waals surface area (Å²) in [6.07, 6.45) is 2.24. The van der Waals surface area contributed by atoms with Crippen LogP contribution in [0.15, 0.2) is 30.3 Å². The number of carbonyl (C=O) groups is 1. The Bertz CT molecular complexity index is 352. The molecule has 74 valence electrons. The van der Waals surface area contributed by atoms with Gasteiger partial charge in [0.25, 0.3) is 0 Å². The van der Waals surface area contributed by atoms with Gasteiger partial charge in [0.2, 0.25) is 0 Å². The molecule has 1 rings (SSSR count). The van der Waals surface area contributed by atoms with Crippen molar-refractivity contribution in [2.24, 2.45) is 0 Å². The molecule has 0 unspecified atom stereocenters. The SMILES string of the molecule is CCC=C(C(=O)O)c1ccc(F)cc1. The van der Waals surface area contributed by atoms with Crippen molar-refractivity contribution in [3.05, 3.63) is 41.7 Å². The standard InChI is InChI=1S/C11H11FO2/c1-2-3-10(11(13)14)8-4-6-9(12)7-5-8/h3-7H,2H2,1H3,(H,13,14). The number of benzene rings is 1. The van der Waals surface area contributed by atoms with Gasteiger partial charge in [0.15, 0.2) is 0 Å². The minimum Gasteiger partial charge on any atom is -0.478 e. The Morgan fingerprint density at radius 1 is 1.43 bits per heavy atom. The van der Waals surface area contributed by atoms with Gasteiger partial charge in [-0.15, -0.1) is 0 Å². The summed E-state index contributed by atoms with van der Waals surface area (Å²) in [5, 5.41) is 8.87. The van der Waals surface area contributed by atoms with Crippen LogP contribution in [0, 0.1) is 5.82 Å². The molecule has 0 saturated heterocycles. The molecule has 0 spiro atoms. The quantitative estimate of drug-likeness (QED) is 0.751. The predicted molar refractivity (Wildman–Crippen MR) is 52.3 cm³/mol. The van der Waals surface area contributed by atoms with Crippen LogP contribution in [0.5, 0.6) is 0 Å². The smallest absolute Gasteiger partial charge is 0.335 e. The summed E-state index contributed by atoms with van der Waals surface area (Å²) in [4.78, 5) is 10.8. The zero-order valence-electron chi connectivity index (χ0n) is 7.83. The van der Waals surface area contributed by atoms with Gasteiger partial charge in [-0.25, -0.2) is 9.18 Å². The summed E-state index contributed by atoms with van der Waals surface area (Å²) < 4.78 is 12.6. The van der Waals surface area contributed by atoms with Gasteiger partial charge in [0.05, 0.1) is 5.57 Å². The number of aliphatic carboxylic acids is 1.